The van der Waals surface area contributed by atoms with E-state index in [9.17, 15) is 26.4 Å². The van der Waals surface area contributed by atoms with Gasteiger partial charge in [0.05, 0.1) is 22.2 Å². The Morgan fingerprint density at radius 2 is 1.66 bits per heavy atom. The van der Waals surface area contributed by atoms with Crippen LogP contribution in [0.2, 0.25) is 0 Å². The largest absolute Gasteiger partial charge is 0.468 e. The second-order valence-electron chi connectivity index (χ2n) is 7.96. The number of piperidine rings is 1. The molecule has 1 aromatic carbocycles. The van der Waals surface area contributed by atoms with Crippen LogP contribution in [-0.2, 0) is 14.8 Å². The van der Waals surface area contributed by atoms with Crippen LogP contribution in [0.4, 0.5) is 18.9 Å². The predicted octanol–water partition coefficient (Wildman–Crippen LogP) is 3.23. The number of hydrogen-bond donors (Lipinski definition) is 0. The number of carbonyl (C=O) groups is 1. The zero-order valence-electron chi connectivity index (χ0n) is 17.1. The lowest BCUT2D eigenvalue weighted by Crippen LogP contribution is -2.46. The molecule has 2 aliphatic rings. The summed E-state index contributed by atoms with van der Waals surface area (Å²) in [5.74, 6) is -0.285. The molecule has 2 aromatic rings. The molecular weight excluding hydrogens is 447 g/mol. The van der Waals surface area contributed by atoms with Crippen molar-refractivity contribution in [2.24, 2.45) is 5.41 Å². The van der Waals surface area contributed by atoms with Gasteiger partial charge in [0.25, 0.3) is 0 Å². The molecule has 0 bridgehead atoms. The minimum atomic E-state index is -4.46. The van der Waals surface area contributed by atoms with E-state index in [2.05, 4.69) is 9.72 Å². The van der Waals surface area contributed by atoms with Gasteiger partial charge < -0.3 is 9.64 Å². The summed E-state index contributed by atoms with van der Waals surface area (Å²) in [6.07, 6.45) is -1.74. The molecule has 2 fully saturated rings. The number of amides is 1. The molecule has 0 saturated carbocycles. The molecule has 3 heterocycles. The highest BCUT2D eigenvalue weighted by atomic mass is 32.2. The minimum absolute atomic E-state index is 0.111. The normalized spacial score (nSPS) is 19.5. The average molecular weight is 469 g/mol. The summed E-state index contributed by atoms with van der Waals surface area (Å²) in [6, 6.07) is 11.0. The van der Waals surface area contributed by atoms with E-state index in [4.69, 9.17) is 0 Å². The van der Waals surface area contributed by atoms with E-state index >= 15 is 0 Å². The number of halogens is 3. The number of rotatable bonds is 5. The number of benzene rings is 1. The van der Waals surface area contributed by atoms with E-state index in [1.807, 2.05) is 0 Å². The van der Waals surface area contributed by atoms with Gasteiger partial charge in [0.2, 0.25) is 21.8 Å². The molecule has 11 heteroatoms. The monoisotopic (exact) mass is 469 g/mol. The van der Waals surface area contributed by atoms with Crippen molar-refractivity contribution < 1.29 is 31.1 Å². The number of hydrogen-bond acceptors (Lipinski definition) is 5. The number of anilines is 1. The molecule has 7 nitrogen and oxygen atoms in total. The average Bonchev–Trinajstić information content (AvgIpc) is 3.09. The van der Waals surface area contributed by atoms with Crippen LogP contribution < -0.4 is 9.64 Å². The first-order valence-electron chi connectivity index (χ1n) is 10.1. The molecule has 0 N–H and O–H groups in total. The van der Waals surface area contributed by atoms with Crippen molar-refractivity contribution in [1.82, 2.24) is 9.29 Å². The van der Waals surface area contributed by atoms with Crippen molar-refractivity contribution in [3.05, 3.63) is 48.7 Å². The number of ether oxygens (including phenoxy) is 1. The second kappa shape index (κ2) is 8.36. The minimum Gasteiger partial charge on any atom is -0.468 e. The van der Waals surface area contributed by atoms with Crippen molar-refractivity contribution >= 4 is 21.6 Å². The third-order valence-corrected chi connectivity index (χ3v) is 7.90. The maximum absolute atomic E-state index is 13.2. The highest BCUT2D eigenvalue weighted by molar-refractivity contribution is 7.89. The van der Waals surface area contributed by atoms with Crippen molar-refractivity contribution in [3.8, 4) is 5.88 Å². The van der Waals surface area contributed by atoms with Gasteiger partial charge in [-0.3, -0.25) is 4.79 Å². The van der Waals surface area contributed by atoms with Crippen molar-refractivity contribution in [2.75, 3.05) is 31.1 Å². The number of sulfonamides is 1. The van der Waals surface area contributed by atoms with Crippen molar-refractivity contribution in [3.63, 3.8) is 0 Å². The van der Waals surface area contributed by atoms with Crippen LogP contribution in [0, 0.1) is 5.41 Å². The Balaban J connectivity index is 1.41. The zero-order chi connectivity index (χ0) is 23.0. The van der Waals surface area contributed by atoms with Crippen LogP contribution in [0.15, 0.2) is 53.6 Å². The molecule has 32 heavy (non-hydrogen) atoms. The standard InChI is InChI=1S/C21H22F3N3O4S/c22-21(23,24)15-31-18-7-6-16(14-25-18)27-13-10-20(19(27)28)8-11-26(12-9-20)32(29,30)17-4-2-1-3-5-17/h1-7,14H,8-13,15H2. The molecule has 172 valence electrons. The quantitative estimate of drug-likeness (QED) is 0.672. The summed E-state index contributed by atoms with van der Waals surface area (Å²) in [7, 11) is -3.61. The number of aromatic nitrogens is 1. The van der Waals surface area contributed by atoms with Gasteiger partial charge >= 0.3 is 6.18 Å². The topological polar surface area (TPSA) is 79.8 Å². The van der Waals surface area contributed by atoms with E-state index in [-0.39, 0.29) is 29.8 Å². The highest BCUT2D eigenvalue weighted by Crippen LogP contribution is 2.44. The zero-order valence-corrected chi connectivity index (χ0v) is 17.9. The fourth-order valence-electron chi connectivity index (χ4n) is 4.20. The number of pyridine rings is 1. The lowest BCUT2D eigenvalue weighted by atomic mass is 9.77. The Morgan fingerprint density at radius 3 is 2.25 bits per heavy atom. The molecule has 0 aliphatic carbocycles. The van der Waals surface area contributed by atoms with E-state index in [0.29, 0.717) is 31.5 Å². The Labute approximate surface area is 183 Å². The Hall–Kier alpha value is -2.66. The van der Waals surface area contributed by atoms with Gasteiger partial charge in [-0.25, -0.2) is 13.4 Å². The number of carbonyl (C=O) groups excluding carboxylic acids is 1. The van der Waals surface area contributed by atoms with Gasteiger partial charge in [0, 0.05) is 25.7 Å². The maximum atomic E-state index is 13.2. The van der Waals surface area contributed by atoms with Crippen LogP contribution in [0.3, 0.4) is 0 Å². The first-order chi connectivity index (χ1) is 15.1. The Bertz CT molecular complexity index is 1070. The molecule has 0 unspecified atom stereocenters. The molecule has 0 radical (unpaired) electrons. The molecule has 2 saturated heterocycles. The van der Waals surface area contributed by atoms with Crippen LogP contribution >= 0.6 is 0 Å². The predicted molar refractivity (Wildman–Crippen MR) is 110 cm³/mol. The Morgan fingerprint density at radius 1 is 1.00 bits per heavy atom. The van der Waals surface area contributed by atoms with Crippen LogP contribution in [-0.4, -0.2) is 56.0 Å². The molecule has 1 aromatic heterocycles. The summed E-state index contributed by atoms with van der Waals surface area (Å²) in [6.45, 7) is -0.499. The summed E-state index contributed by atoms with van der Waals surface area (Å²) >= 11 is 0. The van der Waals surface area contributed by atoms with Gasteiger partial charge in [0.1, 0.15) is 0 Å². The summed E-state index contributed by atoms with van der Waals surface area (Å²) in [5.41, 5.74) is -0.167. The van der Waals surface area contributed by atoms with Gasteiger partial charge in [-0.2, -0.15) is 17.5 Å². The van der Waals surface area contributed by atoms with E-state index in [0.717, 1.165) is 0 Å². The lowest BCUT2D eigenvalue weighted by molar-refractivity contribution is -0.154. The first-order valence-corrected chi connectivity index (χ1v) is 11.6. The third kappa shape index (κ3) is 4.44. The van der Waals surface area contributed by atoms with E-state index in [1.54, 1.807) is 35.2 Å². The summed E-state index contributed by atoms with van der Waals surface area (Å²) in [5, 5.41) is 0. The first kappa shape index (κ1) is 22.5. The lowest BCUT2D eigenvalue weighted by Gasteiger charge is -2.37. The summed E-state index contributed by atoms with van der Waals surface area (Å²) in [4.78, 5) is 18.9. The molecule has 0 atom stereocenters. The number of nitrogens with zero attached hydrogens (tertiary/aromatic N) is 3. The van der Waals surface area contributed by atoms with Crippen LogP contribution in [0.5, 0.6) is 5.88 Å². The fourth-order valence-corrected chi connectivity index (χ4v) is 5.66. The number of alkyl halides is 3. The van der Waals surface area contributed by atoms with Gasteiger partial charge in [-0.15, -0.1) is 0 Å². The molecular formula is C21H22F3N3O4S. The molecule has 4 rings (SSSR count). The maximum Gasteiger partial charge on any atom is 0.422 e. The molecule has 1 amide bonds. The van der Waals surface area contributed by atoms with Crippen LogP contribution in [0.1, 0.15) is 19.3 Å². The second-order valence-corrected chi connectivity index (χ2v) is 9.90. The summed E-state index contributed by atoms with van der Waals surface area (Å²) < 4.78 is 68.5. The molecule has 1 spiro atoms. The fraction of sp³-hybridized carbons (Fsp3) is 0.429. The van der Waals surface area contributed by atoms with E-state index < -0.39 is 28.2 Å². The molecule has 2 aliphatic heterocycles. The van der Waals surface area contributed by atoms with Crippen molar-refractivity contribution in [2.45, 2.75) is 30.3 Å². The highest BCUT2D eigenvalue weighted by Gasteiger charge is 2.50. The van der Waals surface area contributed by atoms with E-state index in [1.165, 1.54) is 22.6 Å². The van der Waals surface area contributed by atoms with Gasteiger partial charge in [0.15, 0.2) is 6.61 Å². The third-order valence-electron chi connectivity index (χ3n) is 5.99. The van der Waals surface area contributed by atoms with Gasteiger partial charge in [-0.1, -0.05) is 18.2 Å². The Kier molecular flexibility index (Phi) is 5.89. The SMILES string of the molecule is O=C1N(c2ccc(OCC(F)(F)F)nc2)CCC12CCN(S(=O)(=O)c1ccccc1)CC2. The van der Waals surface area contributed by atoms with Crippen LogP contribution in [0.25, 0.3) is 0 Å². The van der Waals surface area contributed by atoms with Gasteiger partial charge in [-0.05, 0) is 37.5 Å². The van der Waals surface area contributed by atoms with Crippen molar-refractivity contribution in [1.29, 1.82) is 0 Å². The smallest absolute Gasteiger partial charge is 0.422 e.